The summed E-state index contributed by atoms with van der Waals surface area (Å²) in [6.45, 7) is 8.74. The molecule has 2 aliphatic heterocycles. The van der Waals surface area contributed by atoms with Crippen molar-refractivity contribution < 1.29 is 34.4 Å². The lowest BCUT2D eigenvalue weighted by molar-refractivity contribution is -0.210. The monoisotopic (exact) mass is 514 g/mol. The van der Waals surface area contributed by atoms with Crippen molar-refractivity contribution in [1.29, 1.82) is 0 Å². The fourth-order valence-corrected chi connectivity index (χ4v) is 8.23. The predicted molar refractivity (Wildman–Crippen MR) is 134 cm³/mol. The number of aliphatic hydroxyl groups is 1. The molecule has 37 heavy (non-hydrogen) atoms. The molecule has 1 aromatic carbocycles. The van der Waals surface area contributed by atoms with E-state index in [0.29, 0.717) is 29.7 Å². The van der Waals surface area contributed by atoms with Crippen molar-refractivity contribution in [3.05, 3.63) is 22.8 Å². The quantitative estimate of drug-likeness (QED) is 0.472. The summed E-state index contributed by atoms with van der Waals surface area (Å²) in [7, 11) is 0. The number of carboxylic acid groups (broad SMARTS) is 1. The highest BCUT2D eigenvalue weighted by atomic mass is 16.5. The summed E-state index contributed by atoms with van der Waals surface area (Å²) >= 11 is 0. The van der Waals surface area contributed by atoms with Gasteiger partial charge in [-0.25, -0.2) is 4.79 Å². The molecular weight excluding hydrogens is 476 g/mol. The van der Waals surface area contributed by atoms with E-state index >= 15 is 0 Å². The number of phenols is 1. The van der Waals surface area contributed by atoms with Crippen molar-refractivity contribution in [1.82, 2.24) is 4.90 Å². The zero-order chi connectivity index (χ0) is 27.1. The molecule has 0 radical (unpaired) electrons. The van der Waals surface area contributed by atoms with E-state index in [-0.39, 0.29) is 53.4 Å². The largest absolute Gasteiger partial charge is 0.508 e. The van der Waals surface area contributed by atoms with E-state index < -0.39 is 35.5 Å². The number of phenolic OH excluding ortho intramolecular Hbond substituents is 1. The van der Waals surface area contributed by atoms with Crippen LogP contribution in [0.2, 0.25) is 0 Å². The first-order chi connectivity index (χ1) is 17.2. The van der Waals surface area contributed by atoms with Crippen molar-refractivity contribution in [3.63, 3.8) is 0 Å². The highest BCUT2D eigenvalue weighted by Gasteiger charge is 2.67. The molecule has 202 valence electrons. The number of ether oxygens (including phenoxy) is 1. The average molecular weight is 515 g/mol. The zero-order valence-electron chi connectivity index (χ0n) is 22.0. The van der Waals surface area contributed by atoms with Gasteiger partial charge in [0.15, 0.2) is 0 Å². The Bertz CT molecular complexity index is 1180. The molecule has 0 bridgehead atoms. The van der Waals surface area contributed by atoms with E-state index in [1.54, 1.807) is 0 Å². The lowest BCUT2D eigenvalue weighted by atomic mass is 9.43. The van der Waals surface area contributed by atoms with Gasteiger partial charge in [-0.05, 0) is 55.4 Å². The fourth-order valence-electron chi connectivity index (χ4n) is 8.23. The molecule has 2 saturated carbocycles. The van der Waals surface area contributed by atoms with Gasteiger partial charge in [0.2, 0.25) is 5.91 Å². The molecule has 0 unspecified atom stereocenters. The highest BCUT2D eigenvalue weighted by molar-refractivity contribution is 6.02. The Hall–Kier alpha value is -2.81. The molecule has 6 atom stereocenters. The normalized spacial score (nSPS) is 34.5. The lowest BCUT2D eigenvalue weighted by Gasteiger charge is -2.64. The number of nitrogens with two attached hydrogens (primary N) is 1. The van der Waals surface area contributed by atoms with Gasteiger partial charge in [-0.15, -0.1) is 0 Å². The first-order valence-electron chi connectivity index (χ1n) is 13.3. The first kappa shape index (κ1) is 25.8. The molecule has 2 heterocycles. The SMILES string of the molecule is C[C@H]1CC[C@H]2C(C)(C)[C@@H](O)CC[C@@]2(C)[C@]12Cc1c(O)cc3c(c1O2)CN([C@@H](CCC(N)=O)C(=O)O)C3=O. The van der Waals surface area contributed by atoms with Crippen LogP contribution in [-0.2, 0) is 22.6 Å². The summed E-state index contributed by atoms with van der Waals surface area (Å²) in [5.74, 6) is -1.48. The number of aromatic hydroxyl groups is 1. The van der Waals surface area contributed by atoms with E-state index in [2.05, 4.69) is 27.7 Å². The number of amides is 2. The number of hydrogen-bond acceptors (Lipinski definition) is 6. The molecule has 2 fully saturated rings. The second-order valence-corrected chi connectivity index (χ2v) is 12.5. The van der Waals surface area contributed by atoms with Gasteiger partial charge in [0.25, 0.3) is 5.91 Å². The van der Waals surface area contributed by atoms with Crippen LogP contribution in [0.25, 0.3) is 0 Å². The maximum Gasteiger partial charge on any atom is 0.326 e. The van der Waals surface area contributed by atoms with Crippen molar-refractivity contribution in [2.75, 3.05) is 0 Å². The summed E-state index contributed by atoms with van der Waals surface area (Å²) in [5.41, 5.74) is 5.56. The van der Waals surface area contributed by atoms with E-state index in [9.17, 15) is 29.7 Å². The van der Waals surface area contributed by atoms with Gasteiger partial charge in [-0.2, -0.15) is 0 Å². The first-order valence-corrected chi connectivity index (χ1v) is 13.3. The molecule has 9 nitrogen and oxygen atoms in total. The smallest absolute Gasteiger partial charge is 0.326 e. The fraction of sp³-hybridized carbons (Fsp3) is 0.679. The Morgan fingerprint density at radius 3 is 2.57 bits per heavy atom. The summed E-state index contributed by atoms with van der Waals surface area (Å²) in [6, 6.07) is 0.227. The molecule has 9 heteroatoms. The van der Waals surface area contributed by atoms with E-state index in [0.717, 1.165) is 19.3 Å². The number of nitrogens with zero attached hydrogens (tertiary/aromatic N) is 1. The Kier molecular flexibility index (Phi) is 5.83. The minimum absolute atomic E-state index is 0.0159. The number of hydrogen-bond donors (Lipinski definition) is 4. The Morgan fingerprint density at radius 1 is 1.22 bits per heavy atom. The molecule has 2 aliphatic carbocycles. The molecule has 1 spiro atoms. The van der Waals surface area contributed by atoms with Crippen LogP contribution in [0.1, 0.15) is 87.7 Å². The second-order valence-electron chi connectivity index (χ2n) is 12.5. The molecule has 2 amide bonds. The van der Waals surface area contributed by atoms with Gasteiger partial charge in [0.1, 0.15) is 23.1 Å². The lowest BCUT2D eigenvalue weighted by Crippen LogP contribution is -2.66. The molecular formula is C28H38N2O7. The van der Waals surface area contributed by atoms with Gasteiger partial charge in [0.05, 0.1) is 18.2 Å². The highest BCUT2D eigenvalue weighted by Crippen LogP contribution is 2.67. The maximum atomic E-state index is 13.3. The van der Waals surface area contributed by atoms with Crippen molar-refractivity contribution in [2.45, 2.75) is 96.9 Å². The van der Waals surface area contributed by atoms with Crippen molar-refractivity contribution >= 4 is 17.8 Å². The van der Waals surface area contributed by atoms with Gasteiger partial charge < -0.3 is 30.7 Å². The van der Waals surface area contributed by atoms with Crippen LogP contribution in [0.5, 0.6) is 11.5 Å². The topological polar surface area (TPSA) is 150 Å². The van der Waals surface area contributed by atoms with Crippen LogP contribution < -0.4 is 10.5 Å². The van der Waals surface area contributed by atoms with Crippen LogP contribution in [-0.4, -0.2) is 55.8 Å². The number of primary amides is 1. The Balaban J connectivity index is 1.55. The third kappa shape index (κ3) is 3.49. The summed E-state index contributed by atoms with van der Waals surface area (Å²) in [4.78, 5) is 37.9. The number of fused-ring (bicyclic) bond motifs is 5. The van der Waals surface area contributed by atoms with E-state index in [1.807, 2.05) is 0 Å². The summed E-state index contributed by atoms with van der Waals surface area (Å²) in [6.07, 6.45) is 3.24. The van der Waals surface area contributed by atoms with E-state index in [4.69, 9.17) is 10.5 Å². The molecule has 4 aliphatic rings. The molecule has 1 aromatic rings. The van der Waals surface area contributed by atoms with Gasteiger partial charge in [0, 0.05) is 29.4 Å². The number of rotatable bonds is 5. The Morgan fingerprint density at radius 2 is 1.92 bits per heavy atom. The minimum Gasteiger partial charge on any atom is -0.508 e. The maximum absolute atomic E-state index is 13.3. The number of aliphatic hydroxyl groups excluding tert-OH is 1. The molecule has 5 rings (SSSR count). The zero-order valence-corrected chi connectivity index (χ0v) is 22.0. The van der Waals surface area contributed by atoms with E-state index in [1.165, 1.54) is 11.0 Å². The van der Waals surface area contributed by atoms with Crippen LogP contribution >= 0.6 is 0 Å². The number of carbonyl (C=O) groups excluding carboxylic acids is 2. The minimum atomic E-state index is -1.21. The van der Waals surface area contributed by atoms with Crippen LogP contribution in [0.15, 0.2) is 6.07 Å². The van der Waals surface area contributed by atoms with Crippen molar-refractivity contribution in [3.8, 4) is 11.5 Å². The number of benzene rings is 1. The van der Waals surface area contributed by atoms with Crippen LogP contribution in [0, 0.1) is 22.7 Å². The van der Waals surface area contributed by atoms with Gasteiger partial charge in [-0.3, -0.25) is 9.59 Å². The third-order valence-electron chi connectivity index (χ3n) is 10.4. The second kappa shape index (κ2) is 8.35. The third-order valence-corrected chi connectivity index (χ3v) is 10.4. The van der Waals surface area contributed by atoms with Crippen LogP contribution in [0.4, 0.5) is 0 Å². The van der Waals surface area contributed by atoms with Gasteiger partial charge in [-0.1, -0.05) is 27.7 Å². The summed E-state index contributed by atoms with van der Waals surface area (Å²) < 4.78 is 6.97. The molecule has 5 N–H and O–H groups in total. The molecule has 0 saturated heterocycles. The van der Waals surface area contributed by atoms with Gasteiger partial charge >= 0.3 is 5.97 Å². The molecule has 0 aromatic heterocycles. The predicted octanol–water partition coefficient (Wildman–Crippen LogP) is 2.97. The van der Waals surface area contributed by atoms with Crippen molar-refractivity contribution in [2.24, 2.45) is 28.4 Å². The Labute approximate surface area is 217 Å². The summed E-state index contributed by atoms with van der Waals surface area (Å²) in [5, 5.41) is 31.8. The van der Waals surface area contributed by atoms with Crippen LogP contribution in [0.3, 0.4) is 0 Å². The number of aliphatic carboxylic acids is 1. The average Bonchev–Trinajstić information content (AvgIpc) is 3.36. The number of carbonyl (C=O) groups is 3. The number of carboxylic acids is 1. The standard InChI is InChI=1S/C28H38N2O7/c1-14-5-7-20-26(2,3)21(32)9-10-27(20,4)28(14)12-16-19(31)11-15-17(23(16)37-28)13-30(24(15)34)18(25(35)36)6-8-22(29)33/h11,14,18,20-21,31-32H,5-10,12-13H2,1-4H3,(H2,29,33)(H,35,36)/t14-,18-,20-,21-,27+,28-/m0/s1.